The number of hydrogen-bond acceptors (Lipinski definition) is 3. The van der Waals surface area contributed by atoms with Gasteiger partial charge in [-0.25, -0.2) is 0 Å². The molecule has 0 aliphatic carbocycles. The summed E-state index contributed by atoms with van der Waals surface area (Å²) in [6, 6.07) is 1.54. The molecule has 6 nitrogen and oxygen atoms in total. The van der Waals surface area contributed by atoms with Gasteiger partial charge in [-0.2, -0.15) is 0 Å². The van der Waals surface area contributed by atoms with Crippen molar-refractivity contribution < 1.29 is 4.79 Å². The predicted octanol–water partition coefficient (Wildman–Crippen LogP) is -0.347. The Labute approximate surface area is 81.2 Å². The Morgan fingerprint density at radius 1 is 1.64 bits per heavy atom. The molecule has 7 N–H and O–H groups in total. The molecule has 0 unspecified atom stereocenters. The van der Waals surface area contributed by atoms with Crippen molar-refractivity contribution in [3.8, 4) is 0 Å². The van der Waals surface area contributed by atoms with Gasteiger partial charge in [0.2, 0.25) is 0 Å². The average molecular weight is 195 g/mol. The van der Waals surface area contributed by atoms with E-state index in [1.165, 1.54) is 0 Å². The molecule has 0 aliphatic rings. The van der Waals surface area contributed by atoms with Gasteiger partial charge >= 0.3 is 0 Å². The first kappa shape index (κ1) is 10.1. The predicted molar refractivity (Wildman–Crippen MR) is 54.1 cm³/mol. The van der Waals surface area contributed by atoms with Gasteiger partial charge in [0, 0.05) is 24.8 Å². The van der Waals surface area contributed by atoms with Crippen LogP contribution in [0.5, 0.6) is 0 Å². The molecular weight excluding hydrogens is 182 g/mol. The Balaban J connectivity index is 2.39. The Bertz CT molecular complexity index is 343. The summed E-state index contributed by atoms with van der Waals surface area (Å²) < 4.78 is 0. The van der Waals surface area contributed by atoms with E-state index in [4.69, 9.17) is 16.9 Å². The van der Waals surface area contributed by atoms with E-state index in [9.17, 15) is 4.79 Å². The third kappa shape index (κ3) is 2.81. The van der Waals surface area contributed by atoms with Crippen LogP contribution in [0.25, 0.3) is 0 Å². The van der Waals surface area contributed by atoms with Gasteiger partial charge in [0.1, 0.15) is 5.69 Å². The SMILES string of the molecule is N=C(N)CCNC(=O)c1cc(N)c[nH]1. The number of nitrogen functional groups attached to an aromatic ring is 1. The maximum absolute atomic E-state index is 11.3. The number of H-pyrrole nitrogens is 1. The van der Waals surface area contributed by atoms with Crippen molar-refractivity contribution in [2.75, 3.05) is 12.3 Å². The number of aromatic nitrogens is 1. The molecular formula is C8H13N5O. The third-order valence-electron chi connectivity index (χ3n) is 1.63. The van der Waals surface area contributed by atoms with E-state index in [-0.39, 0.29) is 11.7 Å². The second-order valence-electron chi connectivity index (χ2n) is 2.88. The Morgan fingerprint density at radius 2 is 2.36 bits per heavy atom. The van der Waals surface area contributed by atoms with Gasteiger partial charge in [0.25, 0.3) is 5.91 Å². The molecule has 1 rings (SSSR count). The molecule has 0 bridgehead atoms. The molecule has 0 saturated heterocycles. The minimum atomic E-state index is -0.247. The summed E-state index contributed by atoms with van der Waals surface area (Å²) in [6.07, 6.45) is 1.89. The highest BCUT2D eigenvalue weighted by atomic mass is 16.1. The number of amides is 1. The number of hydrogen-bond donors (Lipinski definition) is 5. The molecule has 0 saturated carbocycles. The number of amidine groups is 1. The lowest BCUT2D eigenvalue weighted by atomic mass is 10.3. The Morgan fingerprint density at radius 3 is 2.86 bits per heavy atom. The van der Waals surface area contributed by atoms with E-state index in [1.54, 1.807) is 12.3 Å². The lowest BCUT2D eigenvalue weighted by Crippen LogP contribution is -2.27. The average Bonchev–Trinajstić information content (AvgIpc) is 2.51. The molecule has 14 heavy (non-hydrogen) atoms. The summed E-state index contributed by atoms with van der Waals surface area (Å²) in [5, 5.41) is 9.54. The summed E-state index contributed by atoms with van der Waals surface area (Å²) in [4.78, 5) is 14.1. The molecule has 0 aromatic carbocycles. The van der Waals surface area contributed by atoms with Crippen molar-refractivity contribution in [3.63, 3.8) is 0 Å². The van der Waals surface area contributed by atoms with Crippen LogP contribution < -0.4 is 16.8 Å². The summed E-state index contributed by atoms with van der Waals surface area (Å²) in [5.74, 6) is -0.195. The van der Waals surface area contributed by atoms with E-state index in [2.05, 4.69) is 10.3 Å². The minimum Gasteiger partial charge on any atom is -0.397 e. The molecule has 1 aromatic rings. The minimum absolute atomic E-state index is 0.0521. The highest BCUT2D eigenvalue weighted by Gasteiger charge is 2.06. The first-order valence-electron chi connectivity index (χ1n) is 4.14. The maximum Gasteiger partial charge on any atom is 0.267 e. The smallest absolute Gasteiger partial charge is 0.267 e. The topological polar surface area (TPSA) is 121 Å². The van der Waals surface area contributed by atoms with Crippen molar-refractivity contribution in [1.82, 2.24) is 10.3 Å². The van der Waals surface area contributed by atoms with Gasteiger partial charge in [-0.3, -0.25) is 10.2 Å². The number of rotatable bonds is 4. The Kier molecular flexibility index (Phi) is 3.11. The Hall–Kier alpha value is -1.98. The van der Waals surface area contributed by atoms with E-state index in [1.807, 2.05) is 0 Å². The third-order valence-corrected chi connectivity index (χ3v) is 1.63. The molecule has 0 radical (unpaired) electrons. The van der Waals surface area contributed by atoms with E-state index >= 15 is 0 Å². The first-order chi connectivity index (χ1) is 6.59. The number of anilines is 1. The fraction of sp³-hybridized carbons (Fsp3) is 0.250. The van der Waals surface area contributed by atoms with Crippen molar-refractivity contribution in [3.05, 3.63) is 18.0 Å². The van der Waals surface area contributed by atoms with Crippen molar-refractivity contribution in [1.29, 1.82) is 5.41 Å². The molecule has 0 spiro atoms. The van der Waals surface area contributed by atoms with Gasteiger partial charge in [0.05, 0.1) is 5.84 Å². The van der Waals surface area contributed by atoms with Gasteiger partial charge in [0.15, 0.2) is 0 Å². The molecule has 1 heterocycles. The molecule has 0 fully saturated rings. The number of aromatic amines is 1. The van der Waals surface area contributed by atoms with Crippen LogP contribution in [0.1, 0.15) is 16.9 Å². The number of nitrogens with two attached hydrogens (primary N) is 2. The van der Waals surface area contributed by atoms with Crippen molar-refractivity contribution >= 4 is 17.4 Å². The van der Waals surface area contributed by atoms with Crippen LogP contribution in [0.2, 0.25) is 0 Å². The number of carbonyl (C=O) groups excluding carboxylic acids is 1. The summed E-state index contributed by atoms with van der Waals surface area (Å²) in [7, 11) is 0. The van der Waals surface area contributed by atoms with Crippen molar-refractivity contribution in [2.45, 2.75) is 6.42 Å². The van der Waals surface area contributed by atoms with Crippen LogP contribution in [0, 0.1) is 5.41 Å². The first-order valence-corrected chi connectivity index (χ1v) is 4.14. The van der Waals surface area contributed by atoms with Gasteiger partial charge in [-0.1, -0.05) is 0 Å². The number of nitrogens with one attached hydrogen (secondary N) is 3. The van der Waals surface area contributed by atoms with Crippen LogP contribution in [-0.4, -0.2) is 23.3 Å². The van der Waals surface area contributed by atoms with Crippen LogP contribution in [0.15, 0.2) is 12.3 Å². The van der Waals surface area contributed by atoms with E-state index in [0.717, 1.165) is 0 Å². The zero-order chi connectivity index (χ0) is 10.6. The molecule has 6 heteroatoms. The summed E-state index contributed by atoms with van der Waals surface area (Å²) >= 11 is 0. The molecule has 1 aromatic heterocycles. The fourth-order valence-corrected chi connectivity index (χ4v) is 0.948. The van der Waals surface area contributed by atoms with E-state index in [0.29, 0.717) is 24.3 Å². The number of carbonyl (C=O) groups is 1. The highest BCUT2D eigenvalue weighted by molar-refractivity contribution is 5.93. The summed E-state index contributed by atoms with van der Waals surface area (Å²) in [5.41, 5.74) is 11.5. The lowest BCUT2D eigenvalue weighted by Gasteiger charge is -2.01. The quantitative estimate of drug-likeness (QED) is 0.333. The molecule has 0 atom stereocenters. The van der Waals surface area contributed by atoms with E-state index < -0.39 is 0 Å². The van der Waals surface area contributed by atoms with Crippen molar-refractivity contribution in [2.24, 2.45) is 5.73 Å². The normalized spacial score (nSPS) is 9.71. The zero-order valence-corrected chi connectivity index (χ0v) is 7.63. The molecule has 76 valence electrons. The molecule has 1 amide bonds. The summed E-state index contributed by atoms with van der Waals surface area (Å²) in [6.45, 7) is 0.354. The molecule has 0 aliphatic heterocycles. The highest BCUT2D eigenvalue weighted by Crippen LogP contribution is 2.03. The second kappa shape index (κ2) is 4.31. The van der Waals surface area contributed by atoms with Gasteiger partial charge in [-0.15, -0.1) is 0 Å². The standard InChI is InChI=1S/C8H13N5O/c9-5-3-6(13-4-5)8(14)12-2-1-7(10)11/h3-4,13H,1-2,9H2,(H3,10,11)(H,12,14). The second-order valence-corrected chi connectivity index (χ2v) is 2.88. The van der Waals surface area contributed by atoms with Gasteiger partial charge in [-0.05, 0) is 6.07 Å². The lowest BCUT2D eigenvalue weighted by molar-refractivity contribution is 0.0950. The van der Waals surface area contributed by atoms with Crippen LogP contribution >= 0.6 is 0 Å². The van der Waals surface area contributed by atoms with Crippen LogP contribution in [0.3, 0.4) is 0 Å². The fourth-order valence-electron chi connectivity index (χ4n) is 0.948. The van der Waals surface area contributed by atoms with Gasteiger partial charge < -0.3 is 21.8 Å². The zero-order valence-electron chi connectivity index (χ0n) is 7.63. The van der Waals surface area contributed by atoms with Crippen LogP contribution in [0.4, 0.5) is 5.69 Å². The maximum atomic E-state index is 11.3. The van der Waals surface area contributed by atoms with Crippen LogP contribution in [-0.2, 0) is 0 Å². The largest absolute Gasteiger partial charge is 0.397 e. The monoisotopic (exact) mass is 195 g/mol.